The number of cyclic esters (lactones) is 1. The normalized spacial score (nSPS) is 22.6. The molecule has 2 saturated heterocycles. The van der Waals surface area contributed by atoms with Crippen LogP contribution in [0.5, 0.6) is 0 Å². The van der Waals surface area contributed by atoms with Crippen LogP contribution >= 0.6 is 0 Å². The summed E-state index contributed by atoms with van der Waals surface area (Å²) in [4.78, 5) is 39.8. The predicted molar refractivity (Wildman–Crippen MR) is 87.6 cm³/mol. The number of amides is 2. The van der Waals surface area contributed by atoms with Crippen molar-refractivity contribution in [2.45, 2.75) is 31.7 Å². The highest BCUT2D eigenvalue weighted by atomic mass is 19.1. The van der Waals surface area contributed by atoms with Gasteiger partial charge in [0.05, 0.1) is 5.54 Å². The molecule has 0 spiro atoms. The fourth-order valence-electron chi connectivity index (χ4n) is 3.44. The van der Waals surface area contributed by atoms with E-state index in [4.69, 9.17) is 4.74 Å². The first-order valence-corrected chi connectivity index (χ1v) is 8.46. The Labute approximate surface area is 145 Å². The number of rotatable bonds is 5. The molecule has 3 rings (SSSR count). The SMILES string of the molecule is CCC12COC(=O)N1CCN(C(=O)CCC(=O)c1ccc(F)cc1)C2. The number of hydrogen-bond donors (Lipinski definition) is 0. The Morgan fingerprint density at radius 3 is 2.60 bits per heavy atom. The zero-order valence-corrected chi connectivity index (χ0v) is 14.2. The van der Waals surface area contributed by atoms with Crippen molar-refractivity contribution in [1.29, 1.82) is 0 Å². The molecule has 0 bridgehead atoms. The van der Waals surface area contributed by atoms with Gasteiger partial charge in [-0.25, -0.2) is 9.18 Å². The van der Waals surface area contributed by atoms with E-state index < -0.39 is 11.4 Å². The highest BCUT2D eigenvalue weighted by Gasteiger charge is 2.50. The zero-order valence-electron chi connectivity index (χ0n) is 14.2. The molecule has 2 aliphatic heterocycles. The molecular weight excluding hydrogens is 327 g/mol. The van der Waals surface area contributed by atoms with Crippen molar-refractivity contribution in [3.8, 4) is 0 Å². The van der Waals surface area contributed by atoms with Gasteiger partial charge in [-0.2, -0.15) is 0 Å². The van der Waals surface area contributed by atoms with Crippen molar-refractivity contribution in [2.24, 2.45) is 0 Å². The molecule has 0 N–H and O–H groups in total. The Balaban J connectivity index is 1.58. The second-order valence-electron chi connectivity index (χ2n) is 6.53. The summed E-state index contributed by atoms with van der Waals surface area (Å²) in [5, 5.41) is 0. The highest BCUT2D eigenvalue weighted by Crippen LogP contribution is 2.32. The van der Waals surface area contributed by atoms with Gasteiger partial charge in [0, 0.05) is 38.0 Å². The minimum Gasteiger partial charge on any atom is -0.447 e. The van der Waals surface area contributed by atoms with Gasteiger partial charge in [0.15, 0.2) is 5.78 Å². The summed E-state index contributed by atoms with van der Waals surface area (Å²) in [6.07, 6.45) is 0.571. The monoisotopic (exact) mass is 348 g/mol. The van der Waals surface area contributed by atoms with Gasteiger partial charge in [0.1, 0.15) is 12.4 Å². The van der Waals surface area contributed by atoms with Gasteiger partial charge in [-0.1, -0.05) is 6.92 Å². The molecule has 1 unspecified atom stereocenters. The Morgan fingerprint density at radius 1 is 1.20 bits per heavy atom. The number of benzene rings is 1. The van der Waals surface area contributed by atoms with Crippen molar-refractivity contribution in [1.82, 2.24) is 9.80 Å². The van der Waals surface area contributed by atoms with Crippen LogP contribution in [0, 0.1) is 5.82 Å². The molecule has 2 amide bonds. The van der Waals surface area contributed by atoms with Gasteiger partial charge in [-0.05, 0) is 30.7 Å². The Bertz CT molecular complexity index is 691. The van der Waals surface area contributed by atoms with Crippen LogP contribution in [0.4, 0.5) is 9.18 Å². The standard InChI is InChI=1S/C18H21FN2O4/c1-2-18-11-20(9-10-21(18)17(24)25-12-18)16(23)8-7-15(22)13-3-5-14(19)6-4-13/h3-6H,2,7-12H2,1H3. The zero-order chi connectivity index (χ0) is 18.0. The highest BCUT2D eigenvalue weighted by molar-refractivity contribution is 5.97. The molecule has 1 atom stereocenters. The summed E-state index contributed by atoms with van der Waals surface area (Å²) < 4.78 is 18.1. The fourth-order valence-corrected chi connectivity index (χ4v) is 3.44. The average molecular weight is 348 g/mol. The van der Waals surface area contributed by atoms with E-state index in [0.29, 0.717) is 38.2 Å². The lowest BCUT2D eigenvalue weighted by Crippen LogP contribution is -2.62. The molecular formula is C18H21FN2O4. The molecule has 2 fully saturated rings. The van der Waals surface area contributed by atoms with Crippen LogP contribution in [-0.2, 0) is 9.53 Å². The van der Waals surface area contributed by atoms with Gasteiger partial charge in [0.25, 0.3) is 0 Å². The Hall–Kier alpha value is -2.44. The molecule has 1 aromatic rings. The average Bonchev–Trinajstić information content (AvgIpc) is 2.97. The fraction of sp³-hybridized carbons (Fsp3) is 0.500. The van der Waals surface area contributed by atoms with Crippen LogP contribution in [0.25, 0.3) is 0 Å². The van der Waals surface area contributed by atoms with E-state index >= 15 is 0 Å². The topological polar surface area (TPSA) is 66.9 Å². The molecule has 0 saturated carbocycles. The summed E-state index contributed by atoms with van der Waals surface area (Å²) >= 11 is 0. The quantitative estimate of drug-likeness (QED) is 0.766. The van der Waals surface area contributed by atoms with Crippen LogP contribution in [0.2, 0.25) is 0 Å². The second-order valence-corrected chi connectivity index (χ2v) is 6.53. The van der Waals surface area contributed by atoms with E-state index in [0.717, 1.165) is 0 Å². The van der Waals surface area contributed by atoms with Crippen LogP contribution in [0.1, 0.15) is 36.5 Å². The Morgan fingerprint density at radius 2 is 1.92 bits per heavy atom. The van der Waals surface area contributed by atoms with Crippen molar-refractivity contribution in [3.05, 3.63) is 35.6 Å². The lowest BCUT2D eigenvalue weighted by atomic mass is 9.92. The van der Waals surface area contributed by atoms with Gasteiger partial charge in [0.2, 0.25) is 5.91 Å². The number of ketones is 1. The molecule has 7 heteroatoms. The minimum absolute atomic E-state index is 0.0826. The van der Waals surface area contributed by atoms with E-state index in [2.05, 4.69) is 0 Å². The van der Waals surface area contributed by atoms with Crippen LogP contribution in [0.15, 0.2) is 24.3 Å². The third-order valence-corrected chi connectivity index (χ3v) is 5.08. The molecule has 134 valence electrons. The number of carbonyl (C=O) groups is 3. The van der Waals surface area contributed by atoms with E-state index in [1.807, 2.05) is 6.92 Å². The largest absolute Gasteiger partial charge is 0.447 e. The molecule has 0 aromatic heterocycles. The third kappa shape index (κ3) is 3.36. The lowest BCUT2D eigenvalue weighted by molar-refractivity contribution is -0.135. The number of carbonyl (C=O) groups excluding carboxylic acids is 3. The van der Waals surface area contributed by atoms with Crippen molar-refractivity contribution in [2.75, 3.05) is 26.2 Å². The van der Waals surface area contributed by atoms with Crippen LogP contribution in [0.3, 0.4) is 0 Å². The van der Waals surface area contributed by atoms with Gasteiger partial charge in [-0.3, -0.25) is 14.5 Å². The number of nitrogens with zero attached hydrogens (tertiary/aromatic N) is 2. The van der Waals surface area contributed by atoms with Gasteiger partial charge >= 0.3 is 6.09 Å². The second kappa shape index (κ2) is 6.82. The first-order chi connectivity index (χ1) is 11.9. The van der Waals surface area contributed by atoms with Crippen LogP contribution < -0.4 is 0 Å². The molecule has 2 heterocycles. The molecule has 1 aromatic carbocycles. The maximum Gasteiger partial charge on any atom is 0.410 e. The molecule has 0 radical (unpaired) electrons. The minimum atomic E-state index is -0.452. The molecule has 0 aliphatic carbocycles. The van der Waals surface area contributed by atoms with E-state index in [-0.39, 0.29) is 30.6 Å². The third-order valence-electron chi connectivity index (χ3n) is 5.08. The summed E-state index contributed by atoms with van der Waals surface area (Å²) in [6.45, 7) is 3.59. The van der Waals surface area contributed by atoms with Gasteiger partial charge < -0.3 is 9.64 Å². The lowest BCUT2D eigenvalue weighted by Gasteiger charge is -2.44. The summed E-state index contributed by atoms with van der Waals surface area (Å²) in [5.74, 6) is -0.692. The van der Waals surface area contributed by atoms with Crippen molar-refractivity contribution < 1.29 is 23.5 Å². The smallest absolute Gasteiger partial charge is 0.410 e. The number of fused-ring (bicyclic) bond motifs is 1. The van der Waals surface area contributed by atoms with E-state index in [9.17, 15) is 18.8 Å². The maximum atomic E-state index is 12.9. The first kappa shape index (κ1) is 17.4. The number of ether oxygens (including phenoxy) is 1. The number of Topliss-reactive ketones (excluding diaryl/α,β-unsaturated/α-hetero) is 1. The molecule has 2 aliphatic rings. The number of hydrogen-bond acceptors (Lipinski definition) is 4. The summed E-state index contributed by atoms with van der Waals surface area (Å²) in [7, 11) is 0. The van der Waals surface area contributed by atoms with Crippen molar-refractivity contribution in [3.63, 3.8) is 0 Å². The van der Waals surface area contributed by atoms with E-state index in [1.165, 1.54) is 24.3 Å². The van der Waals surface area contributed by atoms with Crippen LogP contribution in [-0.4, -0.2) is 59.4 Å². The molecule has 6 nitrogen and oxygen atoms in total. The maximum absolute atomic E-state index is 12.9. The Kier molecular flexibility index (Phi) is 4.74. The van der Waals surface area contributed by atoms with E-state index in [1.54, 1.807) is 9.80 Å². The number of halogens is 1. The van der Waals surface area contributed by atoms with Gasteiger partial charge in [-0.15, -0.1) is 0 Å². The summed E-state index contributed by atoms with van der Waals surface area (Å²) in [5.41, 5.74) is -0.0507. The van der Waals surface area contributed by atoms with Crippen molar-refractivity contribution >= 4 is 17.8 Å². The first-order valence-electron chi connectivity index (χ1n) is 8.46. The number of piperazine rings is 1. The molecule has 25 heavy (non-hydrogen) atoms. The predicted octanol–water partition coefficient (Wildman–Crippen LogP) is 2.23. The summed E-state index contributed by atoms with van der Waals surface area (Å²) in [6, 6.07) is 5.32.